The van der Waals surface area contributed by atoms with Crippen molar-refractivity contribution in [3.05, 3.63) is 65.2 Å². The van der Waals surface area contributed by atoms with Crippen molar-refractivity contribution in [3.63, 3.8) is 0 Å². The number of benzene rings is 2. The normalized spacial score (nSPS) is 24.7. The molecule has 192 valence electrons. The molecule has 35 heavy (non-hydrogen) atoms. The lowest BCUT2D eigenvalue weighted by Crippen LogP contribution is -2.59. The number of aliphatic hydroxyl groups is 3. The topological polar surface area (TPSA) is 115 Å². The predicted octanol–water partition coefficient (Wildman–Crippen LogP) is 2.89. The lowest BCUT2D eigenvalue weighted by atomic mass is 9.99. The number of hydrogen-bond donors (Lipinski definition) is 3. The number of ether oxygens (including phenoxy) is 4. The fourth-order valence-corrected chi connectivity index (χ4v) is 4.29. The summed E-state index contributed by atoms with van der Waals surface area (Å²) in [6, 6.07) is 15.7. The van der Waals surface area contributed by atoms with Gasteiger partial charge in [-0.1, -0.05) is 56.0 Å². The van der Waals surface area contributed by atoms with E-state index in [0.29, 0.717) is 30.1 Å². The van der Waals surface area contributed by atoms with Crippen molar-refractivity contribution in [1.29, 1.82) is 0 Å². The molecule has 0 unspecified atom stereocenters. The second-order valence-corrected chi connectivity index (χ2v) is 15.7. The quantitative estimate of drug-likeness (QED) is 0.334. The third kappa shape index (κ3) is 7.86. The molecule has 0 spiro atoms. The molecule has 1 fully saturated rings. The summed E-state index contributed by atoms with van der Waals surface area (Å²) in [4.78, 5) is 12.8. The highest BCUT2D eigenvalue weighted by molar-refractivity contribution is 6.76. The maximum atomic E-state index is 12.8. The van der Waals surface area contributed by atoms with E-state index in [2.05, 4.69) is 19.6 Å². The summed E-state index contributed by atoms with van der Waals surface area (Å²) in [5, 5.41) is 30.8. The summed E-state index contributed by atoms with van der Waals surface area (Å²) in [6.45, 7) is 8.77. The minimum absolute atomic E-state index is 0.313. The van der Waals surface area contributed by atoms with E-state index >= 15 is 0 Å². The molecule has 3 rings (SSSR count). The zero-order valence-corrected chi connectivity index (χ0v) is 21.7. The summed E-state index contributed by atoms with van der Waals surface area (Å²) in [6.07, 6.45) is -6.49. The summed E-state index contributed by atoms with van der Waals surface area (Å²) in [5.41, 5.74) is 2.03. The van der Waals surface area contributed by atoms with Crippen LogP contribution in [0.5, 0.6) is 5.75 Å². The van der Waals surface area contributed by atoms with Gasteiger partial charge in [-0.05, 0) is 36.2 Å². The molecule has 0 radical (unpaired) electrons. The number of carbonyl (C=O) groups is 1. The average molecular weight is 505 g/mol. The van der Waals surface area contributed by atoms with Gasteiger partial charge in [0.1, 0.15) is 43.4 Å². The molecule has 0 amide bonds. The lowest BCUT2D eigenvalue weighted by molar-refractivity contribution is -0.299. The van der Waals surface area contributed by atoms with Gasteiger partial charge in [0.05, 0.1) is 5.56 Å². The first-order valence-electron chi connectivity index (χ1n) is 11.8. The van der Waals surface area contributed by atoms with Crippen LogP contribution in [0.3, 0.4) is 0 Å². The van der Waals surface area contributed by atoms with Gasteiger partial charge >= 0.3 is 5.97 Å². The van der Waals surface area contributed by atoms with E-state index in [1.807, 2.05) is 30.3 Å². The Bertz CT molecular complexity index is 962. The Kier molecular flexibility index (Phi) is 9.45. The highest BCUT2D eigenvalue weighted by atomic mass is 28.3. The molecule has 0 aliphatic carbocycles. The molecule has 5 atom stereocenters. The highest BCUT2D eigenvalue weighted by Gasteiger charge is 2.44. The van der Waals surface area contributed by atoms with Crippen molar-refractivity contribution < 1.29 is 39.1 Å². The Morgan fingerprint density at radius 2 is 1.71 bits per heavy atom. The summed E-state index contributed by atoms with van der Waals surface area (Å²) in [7, 11) is -1.37. The van der Waals surface area contributed by atoms with E-state index in [1.54, 1.807) is 25.1 Å². The molecule has 1 aliphatic heterocycles. The van der Waals surface area contributed by atoms with Gasteiger partial charge in [0.2, 0.25) is 0 Å². The number of rotatable bonds is 10. The molecule has 2 aromatic carbocycles. The van der Waals surface area contributed by atoms with Gasteiger partial charge in [-0.25, -0.2) is 4.79 Å². The molecule has 0 bridgehead atoms. The summed E-state index contributed by atoms with van der Waals surface area (Å²) >= 11 is 0. The van der Waals surface area contributed by atoms with Gasteiger partial charge < -0.3 is 34.3 Å². The van der Waals surface area contributed by atoms with Crippen LogP contribution in [0.2, 0.25) is 25.7 Å². The number of carbonyl (C=O) groups excluding carboxylic acids is 1. The third-order valence-electron chi connectivity index (χ3n) is 5.86. The number of esters is 1. The molecule has 0 saturated carbocycles. The van der Waals surface area contributed by atoms with Crippen LogP contribution in [0.4, 0.5) is 0 Å². The van der Waals surface area contributed by atoms with Crippen LogP contribution < -0.4 is 4.74 Å². The monoisotopic (exact) mass is 504 g/mol. The minimum Gasteiger partial charge on any atom is -0.489 e. The van der Waals surface area contributed by atoms with Gasteiger partial charge in [-0.2, -0.15) is 0 Å². The minimum atomic E-state index is -1.49. The van der Waals surface area contributed by atoms with E-state index in [4.69, 9.17) is 18.9 Å². The Morgan fingerprint density at radius 3 is 2.40 bits per heavy atom. The van der Waals surface area contributed by atoms with E-state index in [0.717, 1.165) is 11.6 Å². The smallest absolute Gasteiger partial charge is 0.338 e. The highest BCUT2D eigenvalue weighted by Crippen LogP contribution is 2.24. The third-order valence-corrected chi connectivity index (χ3v) is 7.56. The Hall–Kier alpha value is -2.27. The van der Waals surface area contributed by atoms with Gasteiger partial charge in [0.15, 0.2) is 6.29 Å². The first-order valence-corrected chi connectivity index (χ1v) is 15.5. The maximum Gasteiger partial charge on any atom is 0.338 e. The molecule has 8 nitrogen and oxygen atoms in total. The van der Waals surface area contributed by atoms with Gasteiger partial charge in [0.25, 0.3) is 0 Å². The van der Waals surface area contributed by atoms with Crippen LogP contribution in [0.25, 0.3) is 0 Å². The van der Waals surface area contributed by atoms with Crippen LogP contribution >= 0.6 is 0 Å². The standard InChI is InChI=1S/C26H36O8Si/c1-17-10-11-19(32-15-18-8-6-5-7-9-18)14-20(17)25(30)33-16-21-22(27)23(28)24(29)26(34-21)31-12-13-35(2,3)4/h5-11,14,21-24,26-29H,12-13,15-16H2,1-4H3/t21-,22-,23+,24-,26-/m1/s1. The summed E-state index contributed by atoms with van der Waals surface area (Å²) in [5.74, 6) is -0.0879. The average Bonchev–Trinajstić information content (AvgIpc) is 2.82. The van der Waals surface area contributed by atoms with Crippen molar-refractivity contribution in [1.82, 2.24) is 0 Å². The van der Waals surface area contributed by atoms with E-state index in [-0.39, 0.29) is 6.61 Å². The first kappa shape index (κ1) is 27.3. The van der Waals surface area contributed by atoms with E-state index in [9.17, 15) is 20.1 Å². The van der Waals surface area contributed by atoms with Crippen LogP contribution in [0.1, 0.15) is 21.5 Å². The Labute approximate surface area is 207 Å². The molecule has 1 aliphatic rings. The van der Waals surface area contributed by atoms with Crippen molar-refractivity contribution in [2.24, 2.45) is 0 Å². The van der Waals surface area contributed by atoms with Crippen molar-refractivity contribution in [2.45, 2.75) is 69.9 Å². The Morgan fingerprint density at radius 1 is 1.00 bits per heavy atom. The SMILES string of the molecule is Cc1ccc(OCc2ccccc2)cc1C(=O)OC[C@H]1O[C@@H](OCC[Si](C)(C)C)[C@H](O)[C@@H](O)[C@@H]1O. The molecular formula is C26H36O8Si. The molecular weight excluding hydrogens is 468 g/mol. The second kappa shape index (κ2) is 12.1. The number of aliphatic hydroxyl groups excluding tert-OH is 3. The van der Waals surface area contributed by atoms with E-state index in [1.165, 1.54) is 0 Å². The largest absolute Gasteiger partial charge is 0.489 e. The van der Waals surface area contributed by atoms with Crippen LogP contribution in [0.15, 0.2) is 48.5 Å². The molecule has 3 N–H and O–H groups in total. The lowest BCUT2D eigenvalue weighted by Gasteiger charge is -2.40. The van der Waals surface area contributed by atoms with Crippen LogP contribution in [-0.2, 0) is 20.8 Å². The zero-order chi connectivity index (χ0) is 25.6. The molecule has 1 saturated heterocycles. The summed E-state index contributed by atoms with van der Waals surface area (Å²) < 4.78 is 22.5. The van der Waals surface area contributed by atoms with Gasteiger partial charge in [0, 0.05) is 14.7 Å². The van der Waals surface area contributed by atoms with Gasteiger partial charge in [-0.15, -0.1) is 0 Å². The van der Waals surface area contributed by atoms with Crippen LogP contribution in [0, 0.1) is 6.92 Å². The molecule has 0 aromatic heterocycles. The molecule has 1 heterocycles. The van der Waals surface area contributed by atoms with Crippen LogP contribution in [-0.4, -0.2) is 73.3 Å². The maximum absolute atomic E-state index is 12.8. The zero-order valence-electron chi connectivity index (χ0n) is 20.7. The molecule has 2 aromatic rings. The Balaban J connectivity index is 1.58. The fourth-order valence-electron chi connectivity index (χ4n) is 3.56. The van der Waals surface area contributed by atoms with E-state index < -0.39 is 44.7 Å². The molecule has 9 heteroatoms. The second-order valence-electron chi connectivity index (χ2n) is 10.0. The van der Waals surface area contributed by atoms with Crippen molar-refractivity contribution >= 4 is 14.0 Å². The number of aryl methyl sites for hydroxylation is 1. The van der Waals surface area contributed by atoms with Crippen molar-refractivity contribution in [3.8, 4) is 5.75 Å². The van der Waals surface area contributed by atoms with Crippen molar-refractivity contribution in [2.75, 3.05) is 13.2 Å². The van der Waals surface area contributed by atoms with Gasteiger partial charge in [-0.3, -0.25) is 0 Å². The number of hydrogen-bond acceptors (Lipinski definition) is 8. The predicted molar refractivity (Wildman–Crippen MR) is 133 cm³/mol. The fraction of sp³-hybridized carbons (Fsp3) is 0.500. The first-order chi connectivity index (χ1) is 16.5.